The summed E-state index contributed by atoms with van der Waals surface area (Å²) >= 11 is 0. The molecule has 1 fully saturated rings. The highest BCUT2D eigenvalue weighted by Crippen LogP contribution is 2.34. The van der Waals surface area contributed by atoms with E-state index in [2.05, 4.69) is 10.6 Å². The Morgan fingerprint density at radius 2 is 2.22 bits per heavy atom. The number of nitrogens with zero attached hydrogens (tertiary/aromatic N) is 1. The monoisotopic (exact) mass is 249 g/mol. The fourth-order valence-corrected chi connectivity index (χ4v) is 2.07. The van der Waals surface area contributed by atoms with E-state index in [1.165, 1.54) is 0 Å². The summed E-state index contributed by atoms with van der Waals surface area (Å²) in [7, 11) is 0. The lowest BCUT2D eigenvalue weighted by Crippen LogP contribution is -2.32. The average molecular weight is 249 g/mol. The molecule has 96 valence electrons. The largest absolute Gasteiger partial charge is 0.454 e. The summed E-state index contributed by atoms with van der Waals surface area (Å²) in [6.07, 6.45) is 0. The van der Waals surface area contributed by atoms with Crippen molar-refractivity contribution in [2.24, 2.45) is 0 Å². The molecule has 1 aromatic rings. The van der Waals surface area contributed by atoms with Crippen molar-refractivity contribution in [1.29, 1.82) is 0 Å². The Morgan fingerprint density at radius 3 is 3.06 bits per heavy atom. The fourth-order valence-electron chi connectivity index (χ4n) is 2.07. The zero-order valence-electron chi connectivity index (χ0n) is 9.94. The van der Waals surface area contributed by atoms with Crippen LogP contribution < -0.4 is 20.1 Å². The van der Waals surface area contributed by atoms with Crippen LogP contribution in [-0.4, -0.2) is 43.9 Å². The van der Waals surface area contributed by atoms with E-state index in [0.29, 0.717) is 13.1 Å². The van der Waals surface area contributed by atoms with Crippen molar-refractivity contribution >= 4 is 11.7 Å². The van der Waals surface area contributed by atoms with Crippen LogP contribution in [0.2, 0.25) is 0 Å². The highest BCUT2D eigenvalue weighted by molar-refractivity contribution is 5.76. The summed E-state index contributed by atoms with van der Waals surface area (Å²) in [5.74, 6) is 1.54. The van der Waals surface area contributed by atoms with E-state index < -0.39 is 0 Å². The van der Waals surface area contributed by atoms with Crippen LogP contribution in [-0.2, 0) is 0 Å². The molecule has 2 aliphatic heterocycles. The third-order valence-corrected chi connectivity index (χ3v) is 3.03. The molecule has 0 radical (unpaired) electrons. The molecule has 18 heavy (non-hydrogen) atoms. The number of hydrogen-bond donors (Lipinski definition) is 2. The summed E-state index contributed by atoms with van der Waals surface area (Å²) < 4.78 is 10.5. The minimum Gasteiger partial charge on any atom is -0.454 e. The van der Waals surface area contributed by atoms with Crippen LogP contribution in [0.4, 0.5) is 10.5 Å². The topological polar surface area (TPSA) is 62.8 Å². The maximum Gasteiger partial charge on any atom is 0.317 e. The first-order valence-electron chi connectivity index (χ1n) is 5.99. The summed E-state index contributed by atoms with van der Waals surface area (Å²) in [5.41, 5.74) is 0.971. The Hall–Kier alpha value is -2.11. The van der Waals surface area contributed by atoms with Crippen LogP contribution in [0, 0.1) is 0 Å². The van der Waals surface area contributed by atoms with Crippen molar-refractivity contribution in [3.05, 3.63) is 18.2 Å². The van der Waals surface area contributed by atoms with Gasteiger partial charge in [-0.15, -0.1) is 0 Å². The quantitative estimate of drug-likeness (QED) is 0.830. The number of benzene rings is 1. The summed E-state index contributed by atoms with van der Waals surface area (Å²) in [6.45, 7) is 3.21. The van der Waals surface area contributed by atoms with Crippen molar-refractivity contribution < 1.29 is 14.3 Å². The molecule has 3 rings (SSSR count). The second-order valence-electron chi connectivity index (χ2n) is 4.21. The molecule has 0 atom stereocenters. The van der Waals surface area contributed by atoms with Gasteiger partial charge in [-0.3, -0.25) is 0 Å². The molecule has 2 amide bonds. The number of fused-ring (bicyclic) bond motifs is 1. The first-order valence-corrected chi connectivity index (χ1v) is 5.99. The zero-order chi connectivity index (χ0) is 12.4. The molecule has 0 spiro atoms. The number of rotatable bonds is 4. The predicted molar refractivity (Wildman–Crippen MR) is 66.0 cm³/mol. The maximum atomic E-state index is 11.3. The lowest BCUT2D eigenvalue weighted by atomic mass is 10.3. The molecular weight excluding hydrogens is 234 g/mol. The van der Waals surface area contributed by atoms with E-state index in [4.69, 9.17) is 9.47 Å². The molecule has 0 bridgehead atoms. The van der Waals surface area contributed by atoms with Gasteiger partial charge >= 0.3 is 6.03 Å². The van der Waals surface area contributed by atoms with E-state index in [0.717, 1.165) is 30.3 Å². The van der Waals surface area contributed by atoms with Crippen LogP contribution in [0.1, 0.15) is 0 Å². The molecule has 0 aliphatic carbocycles. The van der Waals surface area contributed by atoms with Crippen molar-refractivity contribution in [1.82, 2.24) is 10.2 Å². The van der Waals surface area contributed by atoms with Gasteiger partial charge in [0.2, 0.25) is 6.79 Å². The smallest absolute Gasteiger partial charge is 0.317 e. The van der Waals surface area contributed by atoms with Crippen LogP contribution >= 0.6 is 0 Å². The molecule has 0 aromatic heterocycles. The van der Waals surface area contributed by atoms with Crippen molar-refractivity contribution in [3.8, 4) is 11.5 Å². The molecule has 0 unspecified atom stereocenters. The Kier molecular flexibility index (Phi) is 2.84. The van der Waals surface area contributed by atoms with E-state index >= 15 is 0 Å². The number of carbonyl (C=O) groups is 1. The normalized spacial score (nSPS) is 16.9. The molecule has 2 heterocycles. The van der Waals surface area contributed by atoms with Gasteiger partial charge in [0.15, 0.2) is 11.5 Å². The number of anilines is 1. The third kappa shape index (κ3) is 2.13. The molecule has 0 saturated carbocycles. The van der Waals surface area contributed by atoms with E-state index in [1.54, 1.807) is 4.90 Å². The predicted octanol–water partition coefficient (Wildman–Crippen LogP) is 0.852. The molecule has 1 aromatic carbocycles. The van der Waals surface area contributed by atoms with Crippen molar-refractivity contribution in [2.75, 3.05) is 38.3 Å². The van der Waals surface area contributed by atoms with Gasteiger partial charge < -0.3 is 25.0 Å². The number of ether oxygens (including phenoxy) is 2. The third-order valence-electron chi connectivity index (χ3n) is 3.03. The van der Waals surface area contributed by atoms with Crippen molar-refractivity contribution in [3.63, 3.8) is 0 Å². The van der Waals surface area contributed by atoms with Gasteiger partial charge in [-0.2, -0.15) is 0 Å². The Morgan fingerprint density at radius 1 is 1.33 bits per heavy atom. The van der Waals surface area contributed by atoms with Gasteiger partial charge in [-0.05, 0) is 12.1 Å². The van der Waals surface area contributed by atoms with Crippen molar-refractivity contribution in [2.45, 2.75) is 0 Å². The Balaban J connectivity index is 1.52. The van der Waals surface area contributed by atoms with Gasteiger partial charge in [0.25, 0.3) is 0 Å². The number of urea groups is 1. The summed E-state index contributed by atoms with van der Waals surface area (Å²) in [4.78, 5) is 13.1. The van der Waals surface area contributed by atoms with Crippen LogP contribution in [0.5, 0.6) is 11.5 Å². The molecule has 1 saturated heterocycles. The number of carbonyl (C=O) groups excluding carboxylic acids is 1. The summed E-state index contributed by atoms with van der Waals surface area (Å²) in [5, 5.41) is 6.04. The van der Waals surface area contributed by atoms with Crippen LogP contribution in [0.3, 0.4) is 0 Å². The average Bonchev–Trinajstić information content (AvgIpc) is 2.98. The van der Waals surface area contributed by atoms with Gasteiger partial charge in [0, 0.05) is 37.9 Å². The van der Waals surface area contributed by atoms with Gasteiger partial charge in [0.05, 0.1) is 0 Å². The minimum atomic E-state index is 0.0162. The lowest BCUT2D eigenvalue weighted by molar-refractivity contribution is 0.174. The van der Waals surface area contributed by atoms with Crippen LogP contribution in [0.15, 0.2) is 18.2 Å². The fraction of sp³-hybridized carbons (Fsp3) is 0.417. The minimum absolute atomic E-state index is 0.0162. The number of hydrogen-bond acceptors (Lipinski definition) is 4. The first-order chi connectivity index (χ1) is 8.83. The molecule has 6 heteroatoms. The van der Waals surface area contributed by atoms with Gasteiger partial charge in [0.1, 0.15) is 0 Å². The second kappa shape index (κ2) is 4.64. The SMILES string of the molecule is O=C1NCCN1CCNc1ccc2c(c1)OCO2. The maximum absolute atomic E-state index is 11.3. The lowest BCUT2D eigenvalue weighted by Gasteiger charge is -2.15. The number of amides is 2. The molecule has 2 aliphatic rings. The zero-order valence-corrected chi connectivity index (χ0v) is 9.94. The standard InChI is InChI=1S/C12H15N3O3/c16-12-14-4-6-15(12)5-3-13-9-1-2-10-11(7-9)18-8-17-10/h1-2,7,13H,3-6,8H2,(H,14,16). The number of nitrogens with one attached hydrogen (secondary N) is 2. The van der Waals surface area contributed by atoms with Gasteiger partial charge in [-0.1, -0.05) is 0 Å². The van der Waals surface area contributed by atoms with E-state index in [1.807, 2.05) is 18.2 Å². The molecule has 6 nitrogen and oxygen atoms in total. The van der Waals surface area contributed by atoms with Gasteiger partial charge in [-0.25, -0.2) is 4.79 Å². The van der Waals surface area contributed by atoms with E-state index in [9.17, 15) is 4.79 Å². The molecule has 2 N–H and O–H groups in total. The van der Waals surface area contributed by atoms with E-state index in [-0.39, 0.29) is 12.8 Å². The highest BCUT2D eigenvalue weighted by Gasteiger charge is 2.18. The molecular formula is C12H15N3O3. The first kappa shape index (κ1) is 11.0. The summed E-state index contributed by atoms with van der Waals surface area (Å²) in [6, 6.07) is 5.75. The second-order valence-corrected chi connectivity index (χ2v) is 4.21. The Bertz CT molecular complexity index is 464. The van der Waals surface area contributed by atoms with Crippen LogP contribution in [0.25, 0.3) is 0 Å². The Labute approximate surface area is 105 Å². The highest BCUT2D eigenvalue weighted by atomic mass is 16.7.